The van der Waals surface area contributed by atoms with Crippen LogP contribution in [-0.2, 0) is 10.8 Å². The molecule has 0 saturated carbocycles. The van der Waals surface area contributed by atoms with Crippen molar-refractivity contribution in [2.24, 2.45) is 0 Å². The first kappa shape index (κ1) is 37.5. The lowest BCUT2D eigenvalue weighted by molar-refractivity contribution is 0.601. The van der Waals surface area contributed by atoms with Gasteiger partial charge in [0.05, 0.1) is 0 Å². The molecule has 0 N–H and O–H groups in total. The van der Waals surface area contributed by atoms with E-state index in [9.17, 15) is 0 Å². The van der Waals surface area contributed by atoms with Crippen LogP contribution >= 0.6 is 0 Å². The van der Waals surface area contributed by atoms with Crippen molar-refractivity contribution in [3.63, 3.8) is 0 Å². The molecule has 0 atom stereocenters. The Kier molecular flexibility index (Phi) is 8.25. The smallest absolute Gasteiger partial charge is 0.0159 e. The fraction of sp³-hybridized carbons (Fsp3) is 0.111. The lowest BCUT2D eigenvalue weighted by atomic mass is 9.76. The molecule has 300 valence electrons. The van der Waals surface area contributed by atoms with Crippen molar-refractivity contribution in [1.29, 1.82) is 0 Å². The molecule has 0 aliphatic heterocycles. The maximum Gasteiger partial charge on any atom is 0.0159 e. The van der Waals surface area contributed by atoms with E-state index in [0.29, 0.717) is 0 Å². The van der Waals surface area contributed by atoms with E-state index >= 15 is 0 Å². The van der Waals surface area contributed by atoms with Crippen molar-refractivity contribution >= 4 is 53.9 Å². The van der Waals surface area contributed by atoms with Crippen LogP contribution in [0.2, 0.25) is 0 Å². The zero-order valence-electron chi connectivity index (χ0n) is 36.6. The number of fused-ring (bicyclic) bond motifs is 8. The molecule has 1 aliphatic carbocycles. The summed E-state index contributed by atoms with van der Waals surface area (Å²) < 4.78 is 0. The predicted octanol–water partition coefficient (Wildman–Crippen LogP) is 17.7. The highest BCUT2D eigenvalue weighted by atomic mass is 14.4. The fourth-order valence-electron chi connectivity index (χ4n) is 11.3. The van der Waals surface area contributed by atoms with Crippen LogP contribution in [0.25, 0.3) is 109 Å². The highest BCUT2D eigenvalue weighted by molar-refractivity contribution is 6.22. The van der Waals surface area contributed by atoms with E-state index < -0.39 is 0 Å². The fourth-order valence-corrected chi connectivity index (χ4v) is 11.3. The molecule has 11 aromatic carbocycles. The zero-order valence-corrected chi connectivity index (χ0v) is 36.6. The topological polar surface area (TPSA) is 0 Å². The Labute approximate surface area is 370 Å². The minimum absolute atomic E-state index is 0.0733. The third-order valence-electron chi connectivity index (χ3n) is 14.1. The average Bonchev–Trinajstić information content (AvgIpc) is 3.54. The molecule has 0 nitrogen and oxygen atoms in total. The van der Waals surface area contributed by atoms with Gasteiger partial charge in [0.1, 0.15) is 0 Å². The molecule has 0 saturated heterocycles. The first-order valence-electron chi connectivity index (χ1n) is 22.4. The van der Waals surface area contributed by atoms with Crippen molar-refractivity contribution < 1.29 is 0 Å². The van der Waals surface area contributed by atoms with Gasteiger partial charge in [0.25, 0.3) is 0 Å². The van der Waals surface area contributed by atoms with E-state index in [1.54, 1.807) is 0 Å². The first-order valence-corrected chi connectivity index (χ1v) is 22.4. The van der Waals surface area contributed by atoms with E-state index in [1.807, 2.05) is 0 Å². The number of hydrogen-bond donors (Lipinski definition) is 0. The normalized spacial score (nSPS) is 13.3. The van der Waals surface area contributed by atoms with Gasteiger partial charge in [-0.2, -0.15) is 0 Å². The van der Waals surface area contributed by atoms with Gasteiger partial charge in [-0.3, -0.25) is 0 Å². The molecule has 63 heavy (non-hydrogen) atoms. The summed E-state index contributed by atoms with van der Waals surface area (Å²) in [5.41, 5.74) is 16.8. The van der Waals surface area contributed by atoms with Crippen molar-refractivity contribution in [1.82, 2.24) is 0 Å². The number of hydrogen-bond acceptors (Lipinski definition) is 0. The minimum Gasteiger partial charge on any atom is -0.0619 e. The van der Waals surface area contributed by atoms with Crippen LogP contribution in [-0.4, -0.2) is 0 Å². The van der Waals surface area contributed by atoms with Crippen LogP contribution in [0.4, 0.5) is 0 Å². The maximum atomic E-state index is 2.49. The van der Waals surface area contributed by atoms with Crippen molar-refractivity contribution in [2.45, 2.75) is 45.4 Å². The maximum absolute atomic E-state index is 2.49. The molecule has 0 spiro atoms. The van der Waals surface area contributed by atoms with Gasteiger partial charge in [-0.1, -0.05) is 217 Å². The van der Waals surface area contributed by atoms with Crippen LogP contribution in [0.1, 0.15) is 51.3 Å². The van der Waals surface area contributed by atoms with Crippen LogP contribution in [0.5, 0.6) is 0 Å². The standard InChI is InChI=1S/C63H48/c1-62(2,3)61-54-24-13-12-23-52(54)60(45-33-34-47-46-18-14-15-25-56(46)63(4,5)57(47)38-45)53-35-32-43(37-55(53)61)40-26-29-41(30-27-40)58-48-19-8-10-21-50(48)59(51-22-11-9-20-49(51)58)44-31-28-39-16-6-7-17-42(39)36-44/h6-38H,1-5H3. The van der Waals surface area contributed by atoms with Crippen LogP contribution in [0.3, 0.4) is 0 Å². The lowest BCUT2D eigenvalue weighted by Crippen LogP contribution is -2.15. The lowest BCUT2D eigenvalue weighted by Gasteiger charge is -2.27. The summed E-state index contributed by atoms with van der Waals surface area (Å²) in [6.45, 7) is 11.9. The Hall–Kier alpha value is -7.28. The first-order chi connectivity index (χ1) is 30.6. The second-order valence-electron chi connectivity index (χ2n) is 19.2. The Bertz CT molecular complexity index is 3610. The van der Waals surface area contributed by atoms with E-state index in [-0.39, 0.29) is 10.8 Å². The van der Waals surface area contributed by atoms with Gasteiger partial charge in [-0.15, -0.1) is 0 Å². The van der Waals surface area contributed by atoms with E-state index in [4.69, 9.17) is 0 Å². The van der Waals surface area contributed by atoms with Gasteiger partial charge < -0.3 is 0 Å². The molecule has 1 aliphatic rings. The van der Waals surface area contributed by atoms with Crippen LogP contribution in [0, 0.1) is 0 Å². The quantitative estimate of drug-likeness (QED) is 0.155. The molecule has 0 amide bonds. The Balaban J connectivity index is 1.02. The molecule has 0 fully saturated rings. The number of rotatable bonds is 4. The van der Waals surface area contributed by atoms with Crippen LogP contribution in [0.15, 0.2) is 200 Å². The second-order valence-corrected chi connectivity index (χ2v) is 19.2. The molecular formula is C63H48. The Morgan fingerprint density at radius 1 is 0.302 bits per heavy atom. The molecular weight excluding hydrogens is 757 g/mol. The molecule has 0 bridgehead atoms. The molecule has 12 rings (SSSR count). The number of benzene rings is 11. The third-order valence-corrected chi connectivity index (χ3v) is 14.1. The molecule has 0 radical (unpaired) electrons. The highest BCUT2D eigenvalue weighted by Crippen LogP contribution is 2.52. The summed E-state index contributed by atoms with van der Waals surface area (Å²) in [5, 5.41) is 12.9. The van der Waals surface area contributed by atoms with Gasteiger partial charge in [0, 0.05) is 5.41 Å². The van der Waals surface area contributed by atoms with Gasteiger partial charge in [0.2, 0.25) is 0 Å². The summed E-state index contributed by atoms with van der Waals surface area (Å²) in [4.78, 5) is 0. The van der Waals surface area contributed by atoms with Gasteiger partial charge in [-0.05, 0) is 150 Å². The highest BCUT2D eigenvalue weighted by Gasteiger charge is 2.35. The van der Waals surface area contributed by atoms with Crippen molar-refractivity contribution in [3.05, 3.63) is 217 Å². The van der Waals surface area contributed by atoms with E-state index in [1.165, 1.54) is 126 Å². The third kappa shape index (κ3) is 5.74. The van der Waals surface area contributed by atoms with Crippen LogP contribution < -0.4 is 0 Å². The molecule has 0 aromatic heterocycles. The monoisotopic (exact) mass is 804 g/mol. The Morgan fingerprint density at radius 3 is 1.40 bits per heavy atom. The van der Waals surface area contributed by atoms with E-state index in [0.717, 1.165) is 0 Å². The van der Waals surface area contributed by atoms with Gasteiger partial charge >= 0.3 is 0 Å². The van der Waals surface area contributed by atoms with Crippen molar-refractivity contribution in [2.75, 3.05) is 0 Å². The van der Waals surface area contributed by atoms with Crippen molar-refractivity contribution in [3.8, 4) is 55.6 Å². The van der Waals surface area contributed by atoms with E-state index in [2.05, 4.69) is 235 Å². The second kappa shape index (κ2) is 13.9. The SMILES string of the molecule is CC(C)(C)c1c2ccccc2c(-c2ccc3c(c2)C(C)(C)c2ccccc2-3)c2ccc(-c3ccc(-c4c5ccccc5c(-c5ccc6ccccc6c5)c5ccccc45)cc3)cc12. The molecule has 0 heterocycles. The van der Waals surface area contributed by atoms with Gasteiger partial charge in [0.15, 0.2) is 0 Å². The zero-order chi connectivity index (χ0) is 42.6. The minimum atomic E-state index is -0.0818. The summed E-state index contributed by atoms with van der Waals surface area (Å²) in [6.07, 6.45) is 0. The average molecular weight is 805 g/mol. The van der Waals surface area contributed by atoms with Gasteiger partial charge in [-0.25, -0.2) is 0 Å². The molecule has 11 aromatic rings. The molecule has 0 unspecified atom stereocenters. The Morgan fingerprint density at radius 2 is 0.746 bits per heavy atom. The summed E-state index contributed by atoms with van der Waals surface area (Å²) >= 11 is 0. The largest absolute Gasteiger partial charge is 0.0619 e. The predicted molar refractivity (Wildman–Crippen MR) is 272 cm³/mol. The summed E-state index contributed by atoms with van der Waals surface area (Å²) in [5.74, 6) is 0. The molecule has 0 heteroatoms. The summed E-state index contributed by atoms with van der Waals surface area (Å²) in [6, 6.07) is 75.3. The summed E-state index contributed by atoms with van der Waals surface area (Å²) in [7, 11) is 0.